The van der Waals surface area contributed by atoms with Crippen LogP contribution in [0.25, 0.3) is 0 Å². The number of hydrogen-bond donors (Lipinski definition) is 2. The molecule has 104 valence electrons. The van der Waals surface area contributed by atoms with E-state index >= 15 is 0 Å². The molecule has 3 aliphatic rings. The summed E-state index contributed by atoms with van der Waals surface area (Å²) in [7, 11) is 0. The Balaban J connectivity index is 1.69. The van der Waals surface area contributed by atoms with Crippen molar-refractivity contribution >= 4 is 11.6 Å². The molecule has 2 heterocycles. The second-order valence-electron chi connectivity index (χ2n) is 6.18. The standard InChI is InChI=1S/C14H26ClN3/c15-12-7-5-6-11-13(10-16-17-14(11)12)18-8-3-1-2-4-9-18/h11-14,16-17H,1-10H2. The van der Waals surface area contributed by atoms with Gasteiger partial charge in [0.1, 0.15) is 0 Å². The molecule has 0 aromatic rings. The lowest BCUT2D eigenvalue weighted by Crippen LogP contribution is -2.66. The van der Waals surface area contributed by atoms with E-state index in [0.29, 0.717) is 17.5 Å². The molecule has 1 aliphatic carbocycles. The van der Waals surface area contributed by atoms with Crippen LogP contribution in [0.15, 0.2) is 0 Å². The zero-order valence-corrected chi connectivity index (χ0v) is 12.0. The molecule has 0 aromatic carbocycles. The van der Waals surface area contributed by atoms with Crippen molar-refractivity contribution in [1.82, 2.24) is 15.8 Å². The Kier molecular flexibility index (Phi) is 4.45. The zero-order chi connectivity index (χ0) is 12.4. The summed E-state index contributed by atoms with van der Waals surface area (Å²) in [4.78, 5) is 2.74. The van der Waals surface area contributed by atoms with Crippen molar-refractivity contribution in [2.75, 3.05) is 19.6 Å². The molecule has 3 nitrogen and oxygen atoms in total. The van der Waals surface area contributed by atoms with Gasteiger partial charge >= 0.3 is 0 Å². The van der Waals surface area contributed by atoms with Crippen molar-refractivity contribution < 1.29 is 0 Å². The number of hydrogen-bond acceptors (Lipinski definition) is 3. The van der Waals surface area contributed by atoms with Crippen LogP contribution in [-0.2, 0) is 0 Å². The van der Waals surface area contributed by atoms with Gasteiger partial charge in [0.15, 0.2) is 0 Å². The summed E-state index contributed by atoms with van der Waals surface area (Å²) in [5, 5.41) is 0.311. The molecule has 2 aliphatic heterocycles. The van der Waals surface area contributed by atoms with Crippen LogP contribution in [0.5, 0.6) is 0 Å². The lowest BCUT2D eigenvalue weighted by atomic mass is 9.78. The number of alkyl halides is 1. The average molecular weight is 272 g/mol. The molecule has 1 saturated carbocycles. The maximum Gasteiger partial charge on any atom is 0.0506 e. The predicted molar refractivity (Wildman–Crippen MR) is 75.7 cm³/mol. The third-order valence-electron chi connectivity index (χ3n) is 5.05. The zero-order valence-electron chi connectivity index (χ0n) is 11.2. The topological polar surface area (TPSA) is 27.3 Å². The Morgan fingerprint density at radius 1 is 0.944 bits per heavy atom. The monoisotopic (exact) mass is 271 g/mol. The molecule has 4 unspecified atom stereocenters. The van der Waals surface area contributed by atoms with Gasteiger partial charge in [-0.1, -0.05) is 19.3 Å². The molecule has 4 atom stereocenters. The van der Waals surface area contributed by atoms with Gasteiger partial charge < -0.3 is 0 Å². The van der Waals surface area contributed by atoms with Gasteiger partial charge in [-0.05, 0) is 44.7 Å². The molecule has 3 fully saturated rings. The Bertz CT molecular complexity index is 266. The Morgan fingerprint density at radius 2 is 1.72 bits per heavy atom. The predicted octanol–water partition coefficient (Wildman–Crippen LogP) is 2.11. The molecule has 4 heteroatoms. The smallest absolute Gasteiger partial charge is 0.0506 e. The van der Waals surface area contributed by atoms with E-state index in [0.717, 1.165) is 12.5 Å². The van der Waals surface area contributed by atoms with Gasteiger partial charge in [0.2, 0.25) is 0 Å². The largest absolute Gasteiger partial charge is 0.299 e. The summed E-state index contributed by atoms with van der Waals surface area (Å²) in [6.45, 7) is 3.68. The molecular weight excluding hydrogens is 246 g/mol. The van der Waals surface area contributed by atoms with Crippen molar-refractivity contribution in [3.05, 3.63) is 0 Å². The number of nitrogens with zero attached hydrogens (tertiary/aromatic N) is 1. The second kappa shape index (κ2) is 6.08. The first-order valence-corrected chi connectivity index (χ1v) is 8.16. The third kappa shape index (κ3) is 2.69. The van der Waals surface area contributed by atoms with Crippen LogP contribution in [0.2, 0.25) is 0 Å². The summed E-state index contributed by atoms with van der Waals surface area (Å²) >= 11 is 6.51. The molecule has 0 radical (unpaired) electrons. The highest BCUT2D eigenvalue weighted by atomic mass is 35.5. The van der Waals surface area contributed by atoms with Crippen LogP contribution in [0, 0.1) is 5.92 Å². The number of hydrazine groups is 1. The Morgan fingerprint density at radius 3 is 2.50 bits per heavy atom. The van der Waals surface area contributed by atoms with Gasteiger partial charge in [-0.25, -0.2) is 0 Å². The van der Waals surface area contributed by atoms with Crippen molar-refractivity contribution in [3.8, 4) is 0 Å². The fraction of sp³-hybridized carbons (Fsp3) is 1.00. The minimum Gasteiger partial charge on any atom is -0.299 e. The van der Waals surface area contributed by atoms with Crippen LogP contribution >= 0.6 is 11.6 Å². The molecule has 2 saturated heterocycles. The van der Waals surface area contributed by atoms with Gasteiger partial charge in [-0.3, -0.25) is 15.8 Å². The van der Waals surface area contributed by atoms with E-state index in [-0.39, 0.29) is 0 Å². The number of likely N-dealkylation sites (tertiary alicyclic amines) is 1. The van der Waals surface area contributed by atoms with Crippen molar-refractivity contribution in [2.45, 2.75) is 62.4 Å². The fourth-order valence-electron chi connectivity index (χ4n) is 4.06. The number of halogens is 1. The first-order chi connectivity index (χ1) is 8.86. The van der Waals surface area contributed by atoms with E-state index in [1.165, 1.54) is 58.0 Å². The van der Waals surface area contributed by atoms with E-state index in [1.807, 2.05) is 0 Å². The van der Waals surface area contributed by atoms with E-state index in [4.69, 9.17) is 11.6 Å². The van der Waals surface area contributed by atoms with Gasteiger partial charge in [0.05, 0.1) is 5.38 Å². The molecular formula is C14H26ClN3. The lowest BCUT2D eigenvalue weighted by molar-refractivity contribution is 0.0577. The number of nitrogens with one attached hydrogen (secondary N) is 2. The molecule has 18 heavy (non-hydrogen) atoms. The highest BCUT2D eigenvalue weighted by Gasteiger charge is 2.41. The molecule has 0 aromatic heterocycles. The molecule has 0 amide bonds. The fourth-order valence-corrected chi connectivity index (χ4v) is 4.47. The summed E-state index contributed by atoms with van der Waals surface area (Å²) in [6, 6.07) is 1.18. The molecule has 3 rings (SSSR count). The Labute approximate surface area is 116 Å². The normalized spacial score (nSPS) is 43.2. The minimum absolute atomic E-state index is 0.311. The SMILES string of the molecule is ClC1CCCC2C1NNCC2N1CCCCCC1. The Hall–Kier alpha value is 0.170. The molecule has 2 N–H and O–H groups in total. The van der Waals surface area contributed by atoms with Gasteiger partial charge in [0.25, 0.3) is 0 Å². The number of rotatable bonds is 1. The van der Waals surface area contributed by atoms with Crippen LogP contribution in [-0.4, -0.2) is 42.0 Å². The van der Waals surface area contributed by atoms with Crippen molar-refractivity contribution in [3.63, 3.8) is 0 Å². The highest BCUT2D eigenvalue weighted by molar-refractivity contribution is 6.21. The summed E-state index contributed by atoms with van der Waals surface area (Å²) in [5.41, 5.74) is 6.85. The van der Waals surface area contributed by atoms with Gasteiger partial charge in [-0.2, -0.15) is 0 Å². The van der Waals surface area contributed by atoms with Crippen molar-refractivity contribution in [2.24, 2.45) is 5.92 Å². The van der Waals surface area contributed by atoms with Crippen LogP contribution < -0.4 is 10.9 Å². The molecule has 0 spiro atoms. The second-order valence-corrected chi connectivity index (χ2v) is 6.74. The highest BCUT2D eigenvalue weighted by Crippen LogP contribution is 2.34. The molecule has 0 bridgehead atoms. The summed E-state index contributed by atoms with van der Waals surface area (Å²) < 4.78 is 0. The van der Waals surface area contributed by atoms with E-state index in [2.05, 4.69) is 15.8 Å². The first kappa shape index (κ1) is 13.2. The average Bonchev–Trinajstić information content (AvgIpc) is 2.67. The van der Waals surface area contributed by atoms with Crippen molar-refractivity contribution in [1.29, 1.82) is 0 Å². The number of fused-ring (bicyclic) bond motifs is 1. The quantitative estimate of drug-likeness (QED) is 0.716. The van der Waals surface area contributed by atoms with Gasteiger partial charge in [0, 0.05) is 18.6 Å². The lowest BCUT2D eigenvalue weighted by Gasteiger charge is -2.48. The maximum atomic E-state index is 6.51. The summed E-state index contributed by atoms with van der Waals surface area (Å²) in [6.07, 6.45) is 9.43. The van der Waals surface area contributed by atoms with E-state index in [1.54, 1.807) is 0 Å². The van der Waals surface area contributed by atoms with Crippen LogP contribution in [0.1, 0.15) is 44.9 Å². The summed E-state index contributed by atoms with van der Waals surface area (Å²) in [5.74, 6) is 0.751. The first-order valence-electron chi connectivity index (χ1n) is 7.73. The minimum atomic E-state index is 0.311. The van der Waals surface area contributed by atoms with Crippen LogP contribution in [0.3, 0.4) is 0 Å². The van der Waals surface area contributed by atoms with Gasteiger partial charge in [-0.15, -0.1) is 11.6 Å². The van der Waals surface area contributed by atoms with E-state index < -0.39 is 0 Å². The van der Waals surface area contributed by atoms with E-state index in [9.17, 15) is 0 Å². The van der Waals surface area contributed by atoms with Crippen LogP contribution in [0.4, 0.5) is 0 Å². The maximum absolute atomic E-state index is 6.51. The third-order valence-corrected chi connectivity index (χ3v) is 5.54.